The highest BCUT2D eigenvalue weighted by molar-refractivity contribution is 5.17. The third-order valence-electron chi connectivity index (χ3n) is 4.07. The van der Waals surface area contributed by atoms with Crippen LogP contribution in [-0.2, 0) is 6.42 Å². The Hall–Kier alpha value is -1.05. The summed E-state index contributed by atoms with van der Waals surface area (Å²) in [5.41, 5.74) is 0.621. The lowest BCUT2D eigenvalue weighted by molar-refractivity contribution is -0.145. The third-order valence-corrected chi connectivity index (χ3v) is 4.07. The second-order valence-corrected chi connectivity index (χ2v) is 5.49. The number of halogens is 1. The molecule has 0 aromatic heterocycles. The van der Waals surface area contributed by atoms with Gasteiger partial charge < -0.3 is 20.4 Å². The van der Waals surface area contributed by atoms with E-state index in [-0.39, 0.29) is 19.0 Å². The van der Waals surface area contributed by atoms with Crippen molar-refractivity contribution in [3.05, 3.63) is 35.6 Å². The molecule has 0 bridgehead atoms. The molecule has 4 atom stereocenters. The number of likely N-dealkylation sites (tertiary alicyclic amines) is 1. The lowest BCUT2D eigenvalue weighted by atomic mass is 9.94. The van der Waals surface area contributed by atoms with Crippen LogP contribution in [0.3, 0.4) is 0 Å². The maximum atomic E-state index is 13.5. The summed E-state index contributed by atoms with van der Waals surface area (Å²) in [6, 6.07) is 5.95. The number of piperidine rings is 1. The summed E-state index contributed by atoms with van der Waals surface area (Å²) in [4.78, 5) is 1.74. The van der Waals surface area contributed by atoms with Crippen molar-refractivity contribution in [1.82, 2.24) is 4.90 Å². The molecule has 1 fully saturated rings. The van der Waals surface area contributed by atoms with E-state index in [2.05, 4.69) is 0 Å². The fourth-order valence-corrected chi connectivity index (χ4v) is 2.81. The summed E-state index contributed by atoms with van der Waals surface area (Å²) in [7, 11) is 0. The number of aliphatic hydroxyl groups is 4. The average molecular weight is 299 g/mol. The first kappa shape index (κ1) is 16.3. The summed E-state index contributed by atoms with van der Waals surface area (Å²) in [6.45, 7) is 0.381. The smallest absolute Gasteiger partial charge is 0.126 e. The lowest BCUT2D eigenvalue weighted by Crippen LogP contribution is -2.62. The molecule has 21 heavy (non-hydrogen) atoms. The Labute approximate surface area is 123 Å². The fourth-order valence-electron chi connectivity index (χ4n) is 2.81. The van der Waals surface area contributed by atoms with Crippen LogP contribution in [0.1, 0.15) is 12.0 Å². The quantitative estimate of drug-likeness (QED) is 0.590. The number of rotatable bonds is 5. The number of hydrogen-bond donors (Lipinski definition) is 4. The molecule has 1 aliphatic heterocycles. The highest BCUT2D eigenvalue weighted by Gasteiger charge is 2.40. The molecule has 1 aromatic rings. The Morgan fingerprint density at radius 1 is 1.14 bits per heavy atom. The Morgan fingerprint density at radius 2 is 1.86 bits per heavy atom. The number of benzene rings is 1. The van der Waals surface area contributed by atoms with E-state index in [1.54, 1.807) is 23.1 Å². The van der Waals surface area contributed by atoms with Crippen molar-refractivity contribution in [2.45, 2.75) is 37.2 Å². The van der Waals surface area contributed by atoms with Gasteiger partial charge in [-0.3, -0.25) is 4.90 Å². The highest BCUT2D eigenvalue weighted by Crippen LogP contribution is 2.19. The number of aryl methyl sites for hydroxylation is 1. The molecule has 2 rings (SSSR count). The Kier molecular flexibility index (Phi) is 5.66. The van der Waals surface area contributed by atoms with Gasteiger partial charge in [0.25, 0.3) is 0 Å². The predicted octanol–water partition coefficient (Wildman–Crippen LogP) is -0.483. The molecule has 0 unspecified atom stereocenters. The highest BCUT2D eigenvalue weighted by atomic mass is 19.1. The molecule has 0 spiro atoms. The summed E-state index contributed by atoms with van der Waals surface area (Å²) in [5.74, 6) is -0.245. The first-order valence-corrected chi connectivity index (χ1v) is 7.17. The maximum Gasteiger partial charge on any atom is 0.126 e. The summed E-state index contributed by atoms with van der Waals surface area (Å²) < 4.78 is 13.5. The number of β-amino-alcohol motifs (C(OH)–C–C–N with tert-alkyl or cyclic N) is 1. The van der Waals surface area contributed by atoms with Gasteiger partial charge in [0.2, 0.25) is 0 Å². The van der Waals surface area contributed by atoms with E-state index in [0.29, 0.717) is 24.9 Å². The van der Waals surface area contributed by atoms with E-state index in [9.17, 15) is 24.8 Å². The number of nitrogens with zero attached hydrogens (tertiary/aromatic N) is 1. The van der Waals surface area contributed by atoms with Crippen molar-refractivity contribution >= 4 is 0 Å². The molecule has 0 radical (unpaired) electrons. The average Bonchev–Trinajstić information content (AvgIpc) is 2.47. The van der Waals surface area contributed by atoms with Crippen molar-refractivity contribution in [2.24, 2.45) is 0 Å². The van der Waals surface area contributed by atoms with Crippen LogP contribution in [0.2, 0.25) is 0 Å². The topological polar surface area (TPSA) is 84.2 Å². The van der Waals surface area contributed by atoms with Crippen molar-refractivity contribution in [3.63, 3.8) is 0 Å². The fraction of sp³-hybridized carbons (Fsp3) is 0.600. The molecule has 5 nitrogen and oxygen atoms in total. The van der Waals surface area contributed by atoms with Crippen LogP contribution < -0.4 is 0 Å². The van der Waals surface area contributed by atoms with Crippen LogP contribution >= 0.6 is 0 Å². The molecule has 1 heterocycles. The van der Waals surface area contributed by atoms with E-state index < -0.39 is 24.4 Å². The van der Waals surface area contributed by atoms with Gasteiger partial charge >= 0.3 is 0 Å². The molecule has 1 aromatic carbocycles. The zero-order chi connectivity index (χ0) is 15.4. The largest absolute Gasteiger partial charge is 0.395 e. The predicted molar refractivity (Wildman–Crippen MR) is 75.2 cm³/mol. The van der Waals surface area contributed by atoms with Crippen LogP contribution in [0, 0.1) is 5.82 Å². The molecular weight excluding hydrogens is 277 g/mol. The normalized spacial score (nSPS) is 30.5. The minimum atomic E-state index is -1.25. The lowest BCUT2D eigenvalue weighted by Gasteiger charge is -2.43. The van der Waals surface area contributed by atoms with Crippen molar-refractivity contribution in [2.75, 3.05) is 19.7 Å². The monoisotopic (exact) mass is 299 g/mol. The standard InChI is InChI=1S/C15H22FNO4/c16-11-6-2-1-4-10(11)5-3-7-17-8-13(19)15(21)14(20)12(17)9-18/h1-2,4,6,12-15,18-21H,3,5,7-9H2/t12-,13+,14-,15-/m1/s1. The maximum absolute atomic E-state index is 13.5. The van der Waals surface area contributed by atoms with Gasteiger partial charge in [-0.05, 0) is 31.0 Å². The molecule has 1 aliphatic rings. The van der Waals surface area contributed by atoms with Gasteiger partial charge in [-0.2, -0.15) is 0 Å². The minimum Gasteiger partial charge on any atom is -0.395 e. The SMILES string of the molecule is OC[C@@H]1[C@@H](O)[C@H](O)[C@@H](O)CN1CCCc1ccccc1F. The summed E-state index contributed by atoms with van der Waals surface area (Å²) in [5, 5.41) is 38.5. The second-order valence-electron chi connectivity index (χ2n) is 5.49. The molecule has 1 saturated heterocycles. The molecule has 0 aliphatic carbocycles. The van der Waals surface area contributed by atoms with Crippen LogP contribution in [0.15, 0.2) is 24.3 Å². The van der Waals surface area contributed by atoms with Crippen molar-refractivity contribution in [1.29, 1.82) is 0 Å². The number of aliphatic hydroxyl groups excluding tert-OH is 4. The van der Waals surface area contributed by atoms with Gasteiger partial charge in [-0.25, -0.2) is 4.39 Å². The van der Waals surface area contributed by atoms with E-state index in [1.807, 2.05) is 0 Å². The van der Waals surface area contributed by atoms with Crippen LogP contribution in [0.4, 0.5) is 4.39 Å². The molecule has 118 valence electrons. The molecule has 0 amide bonds. The summed E-state index contributed by atoms with van der Waals surface area (Å²) in [6.07, 6.45) is -2.31. The molecule has 0 saturated carbocycles. The van der Waals surface area contributed by atoms with E-state index >= 15 is 0 Å². The zero-order valence-corrected chi connectivity index (χ0v) is 11.8. The first-order chi connectivity index (χ1) is 10.0. The van der Waals surface area contributed by atoms with Gasteiger partial charge in [0, 0.05) is 6.54 Å². The van der Waals surface area contributed by atoms with Gasteiger partial charge in [0.1, 0.15) is 18.0 Å². The van der Waals surface area contributed by atoms with Gasteiger partial charge in [0.05, 0.1) is 18.8 Å². The summed E-state index contributed by atoms with van der Waals surface area (Å²) >= 11 is 0. The van der Waals surface area contributed by atoms with Gasteiger partial charge in [-0.1, -0.05) is 18.2 Å². The first-order valence-electron chi connectivity index (χ1n) is 7.17. The van der Waals surface area contributed by atoms with Crippen LogP contribution in [-0.4, -0.2) is 69.4 Å². The van der Waals surface area contributed by atoms with Gasteiger partial charge in [-0.15, -0.1) is 0 Å². The third kappa shape index (κ3) is 3.78. The van der Waals surface area contributed by atoms with E-state index in [4.69, 9.17) is 0 Å². The molecule has 6 heteroatoms. The molecule has 4 N–H and O–H groups in total. The van der Waals surface area contributed by atoms with E-state index in [0.717, 1.165) is 0 Å². The van der Waals surface area contributed by atoms with Gasteiger partial charge in [0.15, 0.2) is 0 Å². The Morgan fingerprint density at radius 3 is 2.52 bits per heavy atom. The van der Waals surface area contributed by atoms with Crippen LogP contribution in [0.25, 0.3) is 0 Å². The van der Waals surface area contributed by atoms with Crippen LogP contribution in [0.5, 0.6) is 0 Å². The number of hydrogen-bond acceptors (Lipinski definition) is 5. The minimum absolute atomic E-state index is 0.181. The van der Waals surface area contributed by atoms with Crippen molar-refractivity contribution < 1.29 is 24.8 Å². The zero-order valence-electron chi connectivity index (χ0n) is 11.8. The Balaban J connectivity index is 1.91. The second kappa shape index (κ2) is 7.29. The van der Waals surface area contributed by atoms with E-state index in [1.165, 1.54) is 6.07 Å². The van der Waals surface area contributed by atoms with Crippen molar-refractivity contribution in [3.8, 4) is 0 Å². The Bertz CT molecular complexity index is 459. The molecular formula is C15H22FNO4.